The minimum atomic E-state index is -4.25. The first-order valence-corrected chi connectivity index (χ1v) is 5.89. The molecule has 2 rings (SSSR count). The molecule has 17 heavy (non-hydrogen) atoms. The average molecular weight is 243 g/mol. The Kier molecular flexibility index (Phi) is 3.06. The van der Waals surface area contributed by atoms with Crippen LogP contribution in [0.4, 0.5) is 18.9 Å². The summed E-state index contributed by atoms with van der Waals surface area (Å²) in [6.45, 7) is 5.12. The molecule has 0 atom stereocenters. The summed E-state index contributed by atoms with van der Waals surface area (Å²) < 4.78 is 38.5. The van der Waals surface area contributed by atoms with Crippen molar-refractivity contribution in [3.63, 3.8) is 0 Å². The van der Waals surface area contributed by atoms with Crippen LogP contribution in [0.3, 0.4) is 0 Å². The summed E-state index contributed by atoms with van der Waals surface area (Å²) in [5.74, 6) is 0. The molecule has 0 radical (unpaired) electrons. The zero-order chi connectivity index (χ0) is 12.6. The summed E-state index contributed by atoms with van der Waals surface area (Å²) in [5.41, 5.74) is 1.63. The van der Waals surface area contributed by atoms with Gasteiger partial charge in [-0.05, 0) is 43.9 Å². The van der Waals surface area contributed by atoms with Gasteiger partial charge in [-0.15, -0.1) is 0 Å². The van der Waals surface area contributed by atoms with Crippen molar-refractivity contribution in [2.45, 2.75) is 32.9 Å². The number of hydrogen-bond acceptors (Lipinski definition) is 1. The van der Waals surface area contributed by atoms with Crippen LogP contribution < -0.4 is 4.90 Å². The van der Waals surface area contributed by atoms with Gasteiger partial charge in [0, 0.05) is 18.8 Å². The summed E-state index contributed by atoms with van der Waals surface area (Å²) in [6.07, 6.45) is -2.35. The van der Waals surface area contributed by atoms with E-state index in [1.807, 2.05) is 11.8 Å². The summed E-state index contributed by atoms with van der Waals surface area (Å²) in [5, 5.41) is 0. The van der Waals surface area contributed by atoms with Crippen molar-refractivity contribution in [1.82, 2.24) is 0 Å². The quantitative estimate of drug-likeness (QED) is 0.725. The van der Waals surface area contributed by atoms with Gasteiger partial charge in [0.1, 0.15) is 0 Å². The van der Waals surface area contributed by atoms with Crippen molar-refractivity contribution >= 4 is 5.69 Å². The largest absolute Gasteiger partial charge is 0.416 e. The molecule has 1 heterocycles. The molecule has 1 aliphatic rings. The predicted molar refractivity (Wildman–Crippen MR) is 62.4 cm³/mol. The van der Waals surface area contributed by atoms with Crippen molar-refractivity contribution in [3.05, 3.63) is 28.8 Å². The van der Waals surface area contributed by atoms with E-state index in [0.29, 0.717) is 5.56 Å². The Bertz CT molecular complexity index is 423. The number of halogens is 3. The van der Waals surface area contributed by atoms with E-state index in [4.69, 9.17) is 0 Å². The number of aryl methyl sites for hydroxylation is 2. The van der Waals surface area contributed by atoms with Crippen molar-refractivity contribution in [2.75, 3.05) is 18.0 Å². The molecule has 0 amide bonds. The summed E-state index contributed by atoms with van der Waals surface area (Å²) >= 11 is 0. The molecule has 0 aromatic heterocycles. The van der Waals surface area contributed by atoms with Gasteiger partial charge in [0.05, 0.1) is 5.56 Å². The fourth-order valence-corrected chi connectivity index (χ4v) is 2.47. The van der Waals surface area contributed by atoms with Crippen LogP contribution >= 0.6 is 0 Å². The number of alkyl halides is 3. The number of benzene rings is 1. The zero-order valence-corrected chi connectivity index (χ0v) is 10.1. The maximum absolute atomic E-state index is 12.8. The second kappa shape index (κ2) is 4.24. The third-order valence-electron chi connectivity index (χ3n) is 3.33. The lowest BCUT2D eigenvalue weighted by Crippen LogP contribution is -2.29. The van der Waals surface area contributed by atoms with Gasteiger partial charge >= 0.3 is 6.18 Å². The molecule has 1 aromatic rings. The van der Waals surface area contributed by atoms with Gasteiger partial charge < -0.3 is 4.90 Å². The van der Waals surface area contributed by atoms with Crippen LogP contribution in [0.15, 0.2) is 12.1 Å². The Morgan fingerprint density at radius 2 is 2.00 bits per heavy atom. The van der Waals surface area contributed by atoms with Crippen molar-refractivity contribution in [3.8, 4) is 0 Å². The summed E-state index contributed by atoms with van der Waals surface area (Å²) in [4.78, 5) is 2.02. The van der Waals surface area contributed by atoms with Gasteiger partial charge in [-0.2, -0.15) is 13.2 Å². The first kappa shape index (κ1) is 12.3. The number of rotatable bonds is 1. The number of hydrogen-bond donors (Lipinski definition) is 0. The Morgan fingerprint density at radius 1 is 1.29 bits per heavy atom. The van der Waals surface area contributed by atoms with Crippen LogP contribution in [0.5, 0.6) is 0 Å². The second-order valence-electron chi connectivity index (χ2n) is 4.48. The Labute approximate surface area is 99.2 Å². The minimum absolute atomic E-state index is 0.328. The van der Waals surface area contributed by atoms with Crippen LogP contribution in [-0.4, -0.2) is 13.1 Å². The molecule has 0 saturated carbocycles. The second-order valence-corrected chi connectivity index (χ2v) is 4.48. The van der Waals surface area contributed by atoms with Gasteiger partial charge in [0.2, 0.25) is 0 Å². The van der Waals surface area contributed by atoms with Crippen LogP contribution in [-0.2, 0) is 12.6 Å². The summed E-state index contributed by atoms with van der Waals surface area (Å²) in [6, 6.07) is 3.01. The smallest absolute Gasteiger partial charge is 0.372 e. The molecular formula is C13H16F3N. The molecule has 0 spiro atoms. The first-order chi connectivity index (χ1) is 7.93. The lowest BCUT2D eigenvalue weighted by atomic mass is 9.96. The highest BCUT2D eigenvalue weighted by atomic mass is 19.4. The average Bonchev–Trinajstić information content (AvgIpc) is 2.25. The Balaban J connectivity index is 2.53. The molecule has 94 valence electrons. The van der Waals surface area contributed by atoms with Crippen LogP contribution in [0.1, 0.15) is 30.0 Å². The highest BCUT2D eigenvalue weighted by Gasteiger charge is 2.34. The van der Waals surface area contributed by atoms with Gasteiger partial charge in [0.15, 0.2) is 0 Å². The molecule has 0 fully saturated rings. The predicted octanol–water partition coefficient (Wildman–Crippen LogP) is 3.79. The molecule has 0 N–H and O–H groups in total. The van der Waals surface area contributed by atoms with Gasteiger partial charge in [0.25, 0.3) is 0 Å². The minimum Gasteiger partial charge on any atom is -0.372 e. The highest BCUT2D eigenvalue weighted by Crippen LogP contribution is 2.37. The lowest BCUT2D eigenvalue weighted by molar-refractivity contribution is -0.138. The fraction of sp³-hybridized carbons (Fsp3) is 0.538. The molecule has 0 aliphatic carbocycles. The Morgan fingerprint density at radius 3 is 2.59 bits per heavy atom. The van der Waals surface area contributed by atoms with Crippen molar-refractivity contribution in [1.29, 1.82) is 0 Å². The molecular weight excluding hydrogens is 227 g/mol. The molecule has 0 bridgehead atoms. The standard InChI is InChI=1S/C13H16F3N/c1-3-17-6-4-5-10-7-9(2)11(8-12(10)17)13(14,15)16/h7-8H,3-6H2,1-2H3. The molecule has 0 unspecified atom stereocenters. The lowest BCUT2D eigenvalue weighted by Gasteiger charge is -2.31. The maximum Gasteiger partial charge on any atom is 0.416 e. The zero-order valence-electron chi connectivity index (χ0n) is 10.1. The molecule has 0 saturated heterocycles. The monoisotopic (exact) mass is 243 g/mol. The van der Waals surface area contributed by atoms with Crippen molar-refractivity contribution < 1.29 is 13.2 Å². The van der Waals surface area contributed by atoms with Crippen LogP contribution in [0.2, 0.25) is 0 Å². The third-order valence-corrected chi connectivity index (χ3v) is 3.33. The van der Waals surface area contributed by atoms with E-state index in [-0.39, 0.29) is 0 Å². The number of anilines is 1. The number of fused-ring (bicyclic) bond motifs is 1. The third kappa shape index (κ3) is 2.26. The fourth-order valence-electron chi connectivity index (χ4n) is 2.47. The van der Waals surface area contributed by atoms with Gasteiger partial charge in [-0.25, -0.2) is 0 Å². The molecule has 4 heteroatoms. The van der Waals surface area contributed by atoms with Gasteiger partial charge in [-0.1, -0.05) is 6.07 Å². The van der Waals surface area contributed by atoms with E-state index in [1.165, 1.54) is 13.0 Å². The topological polar surface area (TPSA) is 3.24 Å². The van der Waals surface area contributed by atoms with Gasteiger partial charge in [-0.3, -0.25) is 0 Å². The number of nitrogens with zero attached hydrogens (tertiary/aromatic N) is 1. The van der Waals surface area contributed by atoms with E-state index in [9.17, 15) is 13.2 Å². The van der Waals surface area contributed by atoms with E-state index in [1.54, 1.807) is 6.07 Å². The molecule has 1 aliphatic heterocycles. The van der Waals surface area contributed by atoms with Crippen molar-refractivity contribution in [2.24, 2.45) is 0 Å². The van der Waals surface area contributed by atoms with E-state index in [0.717, 1.165) is 37.2 Å². The van der Waals surface area contributed by atoms with E-state index >= 15 is 0 Å². The van der Waals surface area contributed by atoms with Crippen LogP contribution in [0.25, 0.3) is 0 Å². The molecule has 1 aromatic carbocycles. The molecule has 1 nitrogen and oxygen atoms in total. The van der Waals surface area contributed by atoms with E-state index < -0.39 is 11.7 Å². The first-order valence-electron chi connectivity index (χ1n) is 5.89. The van der Waals surface area contributed by atoms with E-state index in [2.05, 4.69) is 0 Å². The normalized spacial score (nSPS) is 15.9. The Hall–Kier alpha value is -1.19. The highest BCUT2D eigenvalue weighted by molar-refractivity contribution is 5.59. The van der Waals surface area contributed by atoms with Crippen LogP contribution in [0, 0.1) is 6.92 Å². The summed E-state index contributed by atoms with van der Waals surface area (Å²) in [7, 11) is 0. The SMILES string of the molecule is CCN1CCCc2cc(C)c(C(F)(F)F)cc21. The maximum atomic E-state index is 12.8.